The predicted octanol–water partition coefficient (Wildman–Crippen LogP) is 4.16. The lowest BCUT2D eigenvalue weighted by Crippen LogP contribution is -2.37. The zero-order chi connectivity index (χ0) is 22.8. The first-order chi connectivity index (χ1) is 16.1. The van der Waals surface area contributed by atoms with Gasteiger partial charge in [-0.05, 0) is 17.7 Å². The van der Waals surface area contributed by atoms with E-state index >= 15 is 0 Å². The van der Waals surface area contributed by atoms with Gasteiger partial charge < -0.3 is 0 Å². The van der Waals surface area contributed by atoms with Crippen molar-refractivity contribution in [1.29, 1.82) is 0 Å². The smallest absolute Gasteiger partial charge is 0.272 e. The molecule has 0 aromatic heterocycles. The van der Waals surface area contributed by atoms with Crippen LogP contribution in [0.15, 0.2) is 107 Å². The van der Waals surface area contributed by atoms with Crippen molar-refractivity contribution in [2.75, 3.05) is 5.01 Å². The maximum atomic E-state index is 13.4. The van der Waals surface area contributed by atoms with E-state index in [1.54, 1.807) is 48.5 Å². The second-order valence-electron chi connectivity index (χ2n) is 7.91. The molecule has 5 rings (SSSR count). The van der Waals surface area contributed by atoms with E-state index in [9.17, 15) is 14.4 Å². The number of hydrogen-bond donors (Lipinski definition) is 1. The number of allylic oxidation sites excluding steroid dienone is 1. The van der Waals surface area contributed by atoms with Crippen molar-refractivity contribution in [2.24, 2.45) is 4.99 Å². The van der Waals surface area contributed by atoms with Gasteiger partial charge in [0.1, 0.15) is 6.17 Å². The maximum Gasteiger partial charge on any atom is 0.272 e. The van der Waals surface area contributed by atoms with Gasteiger partial charge in [-0.1, -0.05) is 78.9 Å². The van der Waals surface area contributed by atoms with E-state index < -0.39 is 6.17 Å². The first-order valence-electron chi connectivity index (χ1n) is 10.7. The highest BCUT2D eigenvalue weighted by Gasteiger charge is 2.43. The first kappa shape index (κ1) is 20.7. The molecule has 2 aliphatic heterocycles. The summed E-state index contributed by atoms with van der Waals surface area (Å²) in [7, 11) is 0. The fraction of sp³-hybridized carbons (Fsp3) is 0.111. The molecule has 0 saturated carbocycles. The molecule has 6 heteroatoms. The van der Waals surface area contributed by atoms with Gasteiger partial charge in [0.2, 0.25) is 0 Å². The van der Waals surface area contributed by atoms with Gasteiger partial charge in [0.05, 0.1) is 17.7 Å². The molecule has 0 unspecified atom stereocenters. The number of hydrogen-bond acceptors (Lipinski definition) is 5. The van der Waals surface area contributed by atoms with Crippen LogP contribution in [0.25, 0.3) is 0 Å². The molecule has 0 aliphatic carbocycles. The van der Waals surface area contributed by atoms with Gasteiger partial charge in [-0.3, -0.25) is 19.4 Å². The Morgan fingerprint density at radius 1 is 0.758 bits per heavy atom. The Balaban J connectivity index is 1.48. The third kappa shape index (κ3) is 4.04. The molecule has 0 radical (unpaired) electrons. The van der Waals surface area contributed by atoms with Crippen LogP contribution in [0.2, 0.25) is 0 Å². The fourth-order valence-electron chi connectivity index (χ4n) is 4.14. The molecular weight excluding hydrogens is 414 g/mol. The number of aliphatic imine (C=N–C) groups is 1. The molecule has 1 amide bonds. The molecule has 0 bridgehead atoms. The number of hydrazine groups is 1. The Labute approximate surface area is 191 Å². The zero-order valence-electron chi connectivity index (χ0n) is 17.8. The first-order valence-corrected chi connectivity index (χ1v) is 10.7. The number of fused-ring (bicyclic) bond motifs is 1. The van der Waals surface area contributed by atoms with Crippen LogP contribution >= 0.6 is 0 Å². The Morgan fingerprint density at radius 2 is 1.27 bits per heavy atom. The highest BCUT2D eigenvalue weighted by Crippen LogP contribution is 2.33. The van der Waals surface area contributed by atoms with E-state index in [1.165, 1.54) is 5.01 Å². The Bertz CT molecular complexity index is 1280. The second-order valence-corrected chi connectivity index (χ2v) is 7.91. The van der Waals surface area contributed by atoms with E-state index in [0.29, 0.717) is 33.7 Å². The van der Waals surface area contributed by atoms with Crippen molar-refractivity contribution < 1.29 is 14.4 Å². The summed E-state index contributed by atoms with van der Waals surface area (Å²) in [5.41, 5.74) is 6.39. The number of para-hydroxylation sites is 1. The summed E-state index contributed by atoms with van der Waals surface area (Å²) in [5, 5.41) is 1.45. The molecule has 2 heterocycles. The lowest BCUT2D eigenvalue weighted by Gasteiger charge is -2.17. The molecule has 1 saturated heterocycles. The molecular formula is C27H21N3O3. The van der Waals surface area contributed by atoms with Crippen molar-refractivity contribution in [2.45, 2.75) is 19.0 Å². The number of Topliss-reactive ketones (excluding diaryl/α,β-unsaturated/α-hetero) is 2. The predicted molar refractivity (Wildman–Crippen MR) is 126 cm³/mol. The minimum absolute atomic E-state index is 0.00675. The van der Waals surface area contributed by atoms with Crippen LogP contribution in [0.3, 0.4) is 0 Å². The normalized spacial score (nSPS) is 17.2. The Hall–Kier alpha value is -4.16. The number of rotatable bonds is 7. The van der Waals surface area contributed by atoms with Crippen molar-refractivity contribution in [3.05, 3.63) is 113 Å². The van der Waals surface area contributed by atoms with E-state index in [2.05, 4.69) is 10.4 Å². The van der Waals surface area contributed by atoms with Crippen LogP contribution in [-0.2, 0) is 4.79 Å². The van der Waals surface area contributed by atoms with Crippen LogP contribution in [0.4, 0.5) is 5.69 Å². The van der Waals surface area contributed by atoms with Crippen molar-refractivity contribution in [1.82, 2.24) is 5.43 Å². The van der Waals surface area contributed by atoms with Crippen molar-refractivity contribution in [3.63, 3.8) is 0 Å². The molecule has 3 aromatic carbocycles. The van der Waals surface area contributed by atoms with Gasteiger partial charge in [-0.15, -0.1) is 0 Å². The molecule has 162 valence electrons. The molecule has 2 aliphatic rings. The summed E-state index contributed by atoms with van der Waals surface area (Å²) in [5.74, 6) is -0.482. The number of benzene rings is 3. The van der Waals surface area contributed by atoms with E-state index in [-0.39, 0.29) is 30.3 Å². The molecule has 1 N–H and O–H groups in total. The van der Waals surface area contributed by atoms with Gasteiger partial charge in [-0.25, -0.2) is 5.01 Å². The van der Waals surface area contributed by atoms with Crippen LogP contribution < -0.4 is 10.4 Å². The Kier molecular flexibility index (Phi) is 5.50. The third-order valence-corrected chi connectivity index (χ3v) is 5.79. The lowest BCUT2D eigenvalue weighted by atomic mass is 9.93. The zero-order valence-corrected chi connectivity index (χ0v) is 17.8. The average Bonchev–Trinajstić information content (AvgIpc) is 3.36. The quantitative estimate of drug-likeness (QED) is 0.565. The molecule has 33 heavy (non-hydrogen) atoms. The number of ketones is 2. The molecule has 6 nitrogen and oxygen atoms in total. The van der Waals surface area contributed by atoms with Crippen LogP contribution in [0.5, 0.6) is 0 Å². The van der Waals surface area contributed by atoms with Crippen LogP contribution in [-0.4, -0.2) is 29.4 Å². The summed E-state index contributed by atoms with van der Waals surface area (Å²) in [6, 6.07) is 27.1. The highest BCUT2D eigenvalue weighted by molar-refractivity contribution is 6.24. The molecule has 0 spiro atoms. The van der Waals surface area contributed by atoms with E-state index in [0.717, 1.165) is 0 Å². The van der Waals surface area contributed by atoms with E-state index in [4.69, 9.17) is 0 Å². The number of nitrogens with zero attached hydrogens (tertiary/aromatic N) is 2. The fourth-order valence-corrected chi connectivity index (χ4v) is 4.14. The largest absolute Gasteiger partial charge is 0.294 e. The Morgan fingerprint density at radius 3 is 1.85 bits per heavy atom. The summed E-state index contributed by atoms with van der Waals surface area (Å²) in [6.07, 6.45) is -0.580. The third-order valence-electron chi connectivity index (χ3n) is 5.79. The van der Waals surface area contributed by atoms with Gasteiger partial charge in [0.25, 0.3) is 5.91 Å². The topological polar surface area (TPSA) is 78.8 Å². The standard InChI is InChI=1S/C27H21N3O3/c31-23(18-10-4-1-5-11-18)16-21-22(17-24(32)19-12-6-2-7-13-19)28-26-25(21)27(33)30(29-26)20-14-8-3-9-15-20/h1-15,26,29H,16-17H2/t26-/m0/s1. The number of nitrogens with one attached hydrogen (secondary N) is 1. The lowest BCUT2D eigenvalue weighted by molar-refractivity contribution is -0.114. The number of amides is 1. The summed E-state index contributed by atoms with van der Waals surface area (Å²) in [4.78, 5) is 43.9. The molecule has 1 fully saturated rings. The van der Waals surface area contributed by atoms with Gasteiger partial charge in [0.15, 0.2) is 11.6 Å². The second kappa shape index (κ2) is 8.76. The highest BCUT2D eigenvalue weighted by atomic mass is 16.2. The summed E-state index contributed by atoms with van der Waals surface area (Å²) >= 11 is 0. The van der Waals surface area contributed by atoms with Crippen LogP contribution in [0.1, 0.15) is 33.6 Å². The summed E-state index contributed by atoms with van der Waals surface area (Å²) in [6.45, 7) is 0. The number of carbonyl (C=O) groups excluding carboxylic acids is 3. The van der Waals surface area contributed by atoms with Crippen LogP contribution in [0, 0.1) is 0 Å². The molecule has 3 aromatic rings. The van der Waals surface area contributed by atoms with Gasteiger partial charge in [0, 0.05) is 23.3 Å². The monoisotopic (exact) mass is 435 g/mol. The minimum atomic E-state index is -0.616. The van der Waals surface area contributed by atoms with E-state index in [1.807, 2.05) is 42.5 Å². The van der Waals surface area contributed by atoms with Gasteiger partial charge in [-0.2, -0.15) is 5.43 Å². The van der Waals surface area contributed by atoms with Gasteiger partial charge >= 0.3 is 0 Å². The SMILES string of the molecule is O=C(CC1=N[C@H]2NN(c3ccccc3)C(=O)C2=C1CC(=O)c1ccccc1)c1ccccc1. The minimum Gasteiger partial charge on any atom is -0.294 e. The average molecular weight is 435 g/mol. The number of anilines is 1. The molecule has 1 atom stereocenters. The summed E-state index contributed by atoms with van der Waals surface area (Å²) < 4.78 is 0. The maximum absolute atomic E-state index is 13.4. The van der Waals surface area contributed by atoms with Crippen molar-refractivity contribution >= 4 is 28.9 Å². The van der Waals surface area contributed by atoms with Crippen molar-refractivity contribution in [3.8, 4) is 0 Å². The number of carbonyl (C=O) groups is 3.